The second kappa shape index (κ2) is 9.60. The molecule has 0 saturated carbocycles. The van der Waals surface area contributed by atoms with Gasteiger partial charge in [0, 0.05) is 38.3 Å². The summed E-state index contributed by atoms with van der Waals surface area (Å²) in [6, 6.07) is 20.4. The van der Waals surface area contributed by atoms with Gasteiger partial charge in [0.2, 0.25) is 0 Å². The van der Waals surface area contributed by atoms with Crippen molar-refractivity contribution in [3.05, 3.63) is 88.3 Å². The summed E-state index contributed by atoms with van der Waals surface area (Å²) in [6.07, 6.45) is 1.81. The van der Waals surface area contributed by atoms with Crippen LogP contribution < -0.4 is 10.9 Å². The van der Waals surface area contributed by atoms with Crippen LogP contribution >= 0.6 is 0 Å². The van der Waals surface area contributed by atoms with Gasteiger partial charge < -0.3 is 10.2 Å². The second-order valence-electron chi connectivity index (χ2n) is 8.09. The molecule has 3 aromatic rings. The van der Waals surface area contributed by atoms with Crippen LogP contribution in [0.25, 0.3) is 11.1 Å². The van der Waals surface area contributed by atoms with E-state index in [1.165, 1.54) is 19.2 Å². The van der Waals surface area contributed by atoms with E-state index in [2.05, 4.69) is 10.4 Å². The molecule has 1 N–H and O–H groups in total. The van der Waals surface area contributed by atoms with Gasteiger partial charge in [0.25, 0.3) is 17.4 Å². The second-order valence-corrected chi connectivity index (χ2v) is 8.09. The molecule has 7 heteroatoms. The molecule has 1 aliphatic rings. The number of rotatable bonds is 5. The number of carbonyl (C=O) groups excluding carboxylic acids is 2. The molecular weight excluding hydrogens is 404 g/mol. The number of nitrogens with one attached hydrogen (secondary N) is 1. The molecule has 0 aliphatic carbocycles. The van der Waals surface area contributed by atoms with Crippen molar-refractivity contribution in [3.63, 3.8) is 0 Å². The van der Waals surface area contributed by atoms with Crippen LogP contribution in [0.2, 0.25) is 0 Å². The summed E-state index contributed by atoms with van der Waals surface area (Å²) in [7, 11) is 1.53. The predicted molar refractivity (Wildman–Crippen MR) is 122 cm³/mol. The molecule has 0 unspecified atom stereocenters. The number of hydrogen-bond acceptors (Lipinski definition) is 4. The number of aromatic nitrogens is 2. The molecule has 164 valence electrons. The zero-order valence-electron chi connectivity index (χ0n) is 18.0. The van der Waals surface area contributed by atoms with Crippen molar-refractivity contribution in [1.29, 1.82) is 0 Å². The quantitative estimate of drug-likeness (QED) is 0.675. The number of aryl methyl sites for hydroxylation is 1. The highest BCUT2D eigenvalue weighted by Crippen LogP contribution is 2.20. The predicted octanol–water partition coefficient (Wildman–Crippen LogP) is 2.73. The van der Waals surface area contributed by atoms with Crippen molar-refractivity contribution in [1.82, 2.24) is 20.0 Å². The maximum absolute atomic E-state index is 12.8. The summed E-state index contributed by atoms with van der Waals surface area (Å²) in [5.41, 5.74) is 2.80. The van der Waals surface area contributed by atoms with Crippen molar-refractivity contribution < 1.29 is 9.59 Å². The van der Waals surface area contributed by atoms with E-state index in [9.17, 15) is 14.4 Å². The van der Waals surface area contributed by atoms with Crippen molar-refractivity contribution in [3.8, 4) is 11.1 Å². The molecule has 1 aromatic heterocycles. The van der Waals surface area contributed by atoms with Crippen molar-refractivity contribution in [2.45, 2.75) is 12.8 Å². The van der Waals surface area contributed by atoms with Gasteiger partial charge in [-0.2, -0.15) is 5.10 Å². The zero-order valence-corrected chi connectivity index (χ0v) is 18.0. The molecule has 1 aliphatic heterocycles. The molecule has 2 heterocycles. The highest BCUT2D eigenvalue weighted by Gasteiger charge is 2.26. The third-order valence-corrected chi connectivity index (χ3v) is 5.79. The lowest BCUT2D eigenvalue weighted by molar-refractivity contribution is 0.0662. The van der Waals surface area contributed by atoms with Crippen LogP contribution in [0.1, 0.15) is 33.7 Å². The Hall–Kier alpha value is -3.74. The topological polar surface area (TPSA) is 84.3 Å². The maximum atomic E-state index is 12.8. The fourth-order valence-corrected chi connectivity index (χ4v) is 3.98. The van der Waals surface area contributed by atoms with Crippen LogP contribution in [-0.4, -0.2) is 46.1 Å². The smallest absolute Gasteiger partial charge is 0.274 e. The lowest BCUT2D eigenvalue weighted by Crippen LogP contribution is -2.44. The molecular formula is C25H26N4O3. The first-order valence-electron chi connectivity index (χ1n) is 10.8. The minimum Gasteiger partial charge on any atom is -0.352 e. The Morgan fingerprint density at radius 3 is 2.44 bits per heavy atom. The molecule has 7 nitrogen and oxygen atoms in total. The number of amides is 2. The van der Waals surface area contributed by atoms with Crippen LogP contribution in [0.3, 0.4) is 0 Å². The van der Waals surface area contributed by atoms with Gasteiger partial charge in [-0.15, -0.1) is 0 Å². The first-order chi connectivity index (χ1) is 15.5. The van der Waals surface area contributed by atoms with Gasteiger partial charge in [0.05, 0.1) is 0 Å². The van der Waals surface area contributed by atoms with Crippen molar-refractivity contribution in [2.75, 3.05) is 19.6 Å². The first kappa shape index (κ1) is 21.5. The Morgan fingerprint density at radius 1 is 1.00 bits per heavy atom. The first-order valence-corrected chi connectivity index (χ1v) is 10.8. The van der Waals surface area contributed by atoms with Crippen LogP contribution in [0.5, 0.6) is 0 Å². The van der Waals surface area contributed by atoms with E-state index in [4.69, 9.17) is 0 Å². The number of carbonyl (C=O) groups is 2. The molecule has 0 spiro atoms. The average Bonchev–Trinajstić information content (AvgIpc) is 2.84. The van der Waals surface area contributed by atoms with E-state index in [0.29, 0.717) is 25.2 Å². The van der Waals surface area contributed by atoms with E-state index < -0.39 is 0 Å². The number of hydrogen-bond donors (Lipinski definition) is 1. The Morgan fingerprint density at radius 2 is 1.72 bits per heavy atom. The van der Waals surface area contributed by atoms with E-state index in [-0.39, 0.29) is 29.0 Å². The van der Waals surface area contributed by atoms with Crippen molar-refractivity contribution >= 4 is 11.8 Å². The van der Waals surface area contributed by atoms with Gasteiger partial charge in [-0.05, 0) is 48.1 Å². The highest BCUT2D eigenvalue weighted by molar-refractivity contribution is 5.94. The fraction of sp³-hybridized carbons (Fsp3) is 0.280. The lowest BCUT2D eigenvalue weighted by Gasteiger charge is -2.32. The summed E-state index contributed by atoms with van der Waals surface area (Å²) in [5.74, 6) is -0.131. The summed E-state index contributed by atoms with van der Waals surface area (Å²) in [6.45, 7) is 1.70. The van der Waals surface area contributed by atoms with E-state index in [1.807, 2.05) is 54.6 Å². The van der Waals surface area contributed by atoms with Gasteiger partial charge in [-0.3, -0.25) is 14.4 Å². The van der Waals surface area contributed by atoms with E-state index in [1.54, 1.807) is 4.90 Å². The lowest BCUT2D eigenvalue weighted by atomic mass is 9.97. The number of nitrogens with zero attached hydrogens (tertiary/aromatic N) is 3. The highest BCUT2D eigenvalue weighted by atomic mass is 16.2. The molecule has 32 heavy (non-hydrogen) atoms. The maximum Gasteiger partial charge on any atom is 0.274 e. The molecule has 2 amide bonds. The third kappa shape index (κ3) is 4.94. The van der Waals surface area contributed by atoms with Crippen LogP contribution in [-0.2, 0) is 7.05 Å². The Kier molecular flexibility index (Phi) is 6.44. The fourth-order valence-electron chi connectivity index (χ4n) is 3.98. The normalized spacial score (nSPS) is 15.9. The van der Waals surface area contributed by atoms with Gasteiger partial charge >= 0.3 is 0 Å². The van der Waals surface area contributed by atoms with Crippen LogP contribution in [0.15, 0.2) is 71.5 Å². The Labute approximate surface area is 186 Å². The minimum absolute atomic E-state index is 0.118. The van der Waals surface area contributed by atoms with Crippen LogP contribution in [0.4, 0.5) is 0 Å². The molecule has 0 radical (unpaired) electrons. The third-order valence-electron chi connectivity index (χ3n) is 5.79. The van der Waals surface area contributed by atoms with Crippen LogP contribution in [0, 0.1) is 5.92 Å². The SMILES string of the molecule is Cn1nc(C(=O)N2CCC[C@@H](CNC(=O)c3ccc(-c4ccccc4)cc3)C2)ccc1=O. The average molecular weight is 431 g/mol. The molecule has 1 fully saturated rings. The van der Waals surface area contributed by atoms with Crippen molar-refractivity contribution in [2.24, 2.45) is 13.0 Å². The minimum atomic E-state index is -0.252. The Balaban J connectivity index is 1.33. The van der Waals surface area contributed by atoms with Gasteiger partial charge in [0.1, 0.15) is 5.69 Å². The number of likely N-dealkylation sites (tertiary alicyclic amines) is 1. The van der Waals surface area contributed by atoms with Gasteiger partial charge in [0.15, 0.2) is 0 Å². The molecule has 4 rings (SSSR count). The summed E-state index contributed by atoms with van der Waals surface area (Å²) < 4.78 is 1.16. The number of piperidine rings is 1. The van der Waals surface area contributed by atoms with E-state index >= 15 is 0 Å². The molecule has 1 atom stereocenters. The summed E-state index contributed by atoms with van der Waals surface area (Å²) >= 11 is 0. The number of benzene rings is 2. The monoisotopic (exact) mass is 430 g/mol. The Bertz CT molecular complexity index is 1160. The van der Waals surface area contributed by atoms with Gasteiger partial charge in [-0.25, -0.2) is 4.68 Å². The molecule has 1 saturated heterocycles. The standard InChI is InChI=1S/C25H26N4O3/c1-28-23(30)14-13-22(27-28)25(32)29-15-5-6-18(17-29)16-26-24(31)21-11-9-20(10-12-21)19-7-3-2-4-8-19/h2-4,7-14,18H,5-6,15-17H2,1H3,(H,26,31)/t18-/m0/s1. The van der Waals surface area contributed by atoms with Gasteiger partial charge in [-0.1, -0.05) is 42.5 Å². The summed E-state index contributed by atoms with van der Waals surface area (Å²) in [4.78, 5) is 38.7. The zero-order chi connectivity index (χ0) is 22.5. The van der Waals surface area contributed by atoms with E-state index in [0.717, 1.165) is 28.7 Å². The summed E-state index contributed by atoms with van der Waals surface area (Å²) in [5, 5.41) is 7.06. The molecule has 0 bridgehead atoms. The molecule has 2 aromatic carbocycles. The largest absolute Gasteiger partial charge is 0.352 e.